The number of nitro groups is 1. The molecule has 0 aliphatic carbocycles. The SMILES string of the molecule is CC(=O)OCc1ccc(-c2ccc([N+](=O)[O-])cc2)o1. The summed E-state index contributed by atoms with van der Waals surface area (Å²) in [5.74, 6) is 0.703. The largest absolute Gasteiger partial charge is 0.458 e. The number of benzene rings is 1. The monoisotopic (exact) mass is 261 g/mol. The quantitative estimate of drug-likeness (QED) is 0.480. The zero-order valence-corrected chi connectivity index (χ0v) is 10.2. The first kappa shape index (κ1) is 12.8. The van der Waals surface area contributed by atoms with Gasteiger partial charge in [0.1, 0.15) is 18.1 Å². The van der Waals surface area contributed by atoms with Crippen LogP contribution in [0.1, 0.15) is 12.7 Å². The second-order valence-corrected chi connectivity index (χ2v) is 3.85. The van der Waals surface area contributed by atoms with E-state index in [0.29, 0.717) is 11.5 Å². The molecule has 98 valence electrons. The minimum absolute atomic E-state index is 0.0236. The Kier molecular flexibility index (Phi) is 3.61. The molecule has 6 nitrogen and oxygen atoms in total. The Morgan fingerprint density at radius 2 is 1.95 bits per heavy atom. The number of nitro benzene ring substituents is 1. The zero-order chi connectivity index (χ0) is 13.8. The second-order valence-electron chi connectivity index (χ2n) is 3.85. The van der Waals surface area contributed by atoms with E-state index in [2.05, 4.69) is 0 Å². The molecule has 0 amide bonds. The molecule has 2 rings (SSSR count). The Morgan fingerprint density at radius 3 is 2.53 bits per heavy atom. The zero-order valence-electron chi connectivity index (χ0n) is 10.2. The van der Waals surface area contributed by atoms with Crippen LogP contribution >= 0.6 is 0 Å². The lowest BCUT2D eigenvalue weighted by molar-refractivity contribution is -0.384. The van der Waals surface area contributed by atoms with E-state index in [4.69, 9.17) is 9.15 Å². The van der Waals surface area contributed by atoms with Crippen LogP contribution in [0.15, 0.2) is 40.8 Å². The number of hydrogen-bond donors (Lipinski definition) is 0. The number of hydrogen-bond acceptors (Lipinski definition) is 5. The maximum Gasteiger partial charge on any atom is 0.303 e. The van der Waals surface area contributed by atoms with E-state index in [9.17, 15) is 14.9 Å². The lowest BCUT2D eigenvalue weighted by Crippen LogP contribution is -1.97. The van der Waals surface area contributed by atoms with Crippen LogP contribution < -0.4 is 0 Å². The van der Waals surface area contributed by atoms with Crippen molar-refractivity contribution in [1.29, 1.82) is 0 Å². The van der Waals surface area contributed by atoms with Gasteiger partial charge in [0.2, 0.25) is 0 Å². The normalized spacial score (nSPS) is 10.2. The van der Waals surface area contributed by atoms with E-state index in [1.54, 1.807) is 24.3 Å². The fraction of sp³-hybridized carbons (Fsp3) is 0.154. The third-order valence-corrected chi connectivity index (χ3v) is 2.44. The number of esters is 1. The first-order valence-corrected chi connectivity index (χ1v) is 5.53. The summed E-state index contributed by atoms with van der Waals surface area (Å²) in [5.41, 5.74) is 0.745. The number of carbonyl (C=O) groups excluding carboxylic acids is 1. The Hall–Kier alpha value is -2.63. The highest BCUT2D eigenvalue weighted by Crippen LogP contribution is 2.24. The Balaban J connectivity index is 2.13. The van der Waals surface area contributed by atoms with Gasteiger partial charge in [-0.2, -0.15) is 0 Å². The van der Waals surface area contributed by atoms with Crippen molar-refractivity contribution in [3.05, 3.63) is 52.3 Å². The fourth-order valence-corrected chi connectivity index (χ4v) is 1.53. The summed E-state index contributed by atoms with van der Waals surface area (Å²) in [6.07, 6.45) is 0. The minimum Gasteiger partial charge on any atom is -0.458 e. The molecule has 0 aliphatic rings. The van der Waals surface area contributed by atoms with Gasteiger partial charge in [-0.15, -0.1) is 0 Å². The minimum atomic E-state index is -0.460. The molecule has 0 atom stereocenters. The van der Waals surface area contributed by atoms with Gasteiger partial charge < -0.3 is 9.15 Å². The molecule has 0 bridgehead atoms. The van der Waals surface area contributed by atoms with Gasteiger partial charge in [0.05, 0.1) is 4.92 Å². The van der Waals surface area contributed by atoms with Crippen molar-refractivity contribution in [3.8, 4) is 11.3 Å². The van der Waals surface area contributed by atoms with Crippen molar-refractivity contribution < 1.29 is 18.9 Å². The smallest absolute Gasteiger partial charge is 0.303 e. The highest BCUT2D eigenvalue weighted by atomic mass is 16.6. The van der Waals surface area contributed by atoms with Crippen molar-refractivity contribution in [2.75, 3.05) is 0 Å². The first-order chi connectivity index (χ1) is 9.06. The van der Waals surface area contributed by atoms with E-state index in [1.165, 1.54) is 19.1 Å². The van der Waals surface area contributed by atoms with Gasteiger partial charge in [-0.3, -0.25) is 14.9 Å². The second kappa shape index (κ2) is 5.34. The molecule has 1 heterocycles. The Morgan fingerprint density at radius 1 is 1.26 bits per heavy atom. The summed E-state index contributed by atoms with van der Waals surface area (Å²) in [4.78, 5) is 20.7. The molecule has 0 fully saturated rings. The maximum absolute atomic E-state index is 10.7. The molecule has 0 aliphatic heterocycles. The van der Waals surface area contributed by atoms with Crippen molar-refractivity contribution in [1.82, 2.24) is 0 Å². The van der Waals surface area contributed by atoms with Crippen LogP contribution in [0.2, 0.25) is 0 Å². The van der Waals surface area contributed by atoms with Crippen LogP contribution in [0.25, 0.3) is 11.3 Å². The molecule has 1 aromatic heterocycles. The molecule has 0 radical (unpaired) electrons. The fourth-order valence-electron chi connectivity index (χ4n) is 1.53. The third-order valence-electron chi connectivity index (χ3n) is 2.44. The maximum atomic E-state index is 10.7. The van der Waals surface area contributed by atoms with Crippen LogP contribution in [0.5, 0.6) is 0 Å². The molecule has 0 saturated heterocycles. The summed E-state index contributed by atoms with van der Waals surface area (Å²) in [5, 5.41) is 10.5. The van der Waals surface area contributed by atoms with Gasteiger partial charge in [0, 0.05) is 24.6 Å². The molecular weight excluding hydrogens is 250 g/mol. The first-order valence-electron chi connectivity index (χ1n) is 5.53. The van der Waals surface area contributed by atoms with Crippen LogP contribution in [0.3, 0.4) is 0 Å². The van der Waals surface area contributed by atoms with E-state index in [-0.39, 0.29) is 18.3 Å². The summed E-state index contributed by atoms with van der Waals surface area (Å²) in [6.45, 7) is 1.39. The van der Waals surface area contributed by atoms with Crippen LogP contribution in [0, 0.1) is 10.1 Å². The van der Waals surface area contributed by atoms with Gasteiger partial charge in [0.25, 0.3) is 5.69 Å². The number of ether oxygens (including phenoxy) is 1. The highest BCUT2D eigenvalue weighted by Gasteiger charge is 2.09. The average Bonchev–Trinajstić information content (AvgIpc) is 2.85. The average molecular weight is 261 g/mol. The summed E-state index contributed by atoms with van der Waals surface area (Å²) in [6, 6.07) is 9.44. The number of non-ortho nitro benzene ring substituents is 1. The van der Waals surface area contributed by atoms with Crippen LogP contribution in [0.4, 0.5) is 5.69 Å². The third kappa shape index (κ3) is 3.19. The van der Waals surface area contributed by atoms with Crippen LogP contribution in [-0.2, 0) is 16.1 Å². The van der Waals surface area contributed by atoms with Crippen molar-refractivity contribution >= 4 is 11.7 Å². The molecule has 2 aromatic rings. The molecule has 0 unspecified atom stereocenters. The lowest BCUT2D eigenvalue weighted by Gasteiger charge is -1.99. The summed E-state index contributed by atoms with van der Waals surface area (Å²) >= 11 is 0. The molecule has 0 saturated carbocycles. The number of nitrogens with zero attached hydrogens (tertiary/aromatic N) is 1. The summed E-state index contributed by atoms with van der Waals surface area (Å²) < 4.78 is 10.3. The van der Waals surface area contributed by atoms with Crippen molar-refractivity contribution in [3.63, 3.8) is 0 Å². The van der Waals surface area contributed by atoms with Gasteiger partial charge in [0.15, 0.2) is 0 Å². The van der Waals surface area contributed by atoms with Gasteiger partial charge in [-0.05, 0) is 24.3 Å². The standard InChI is InChI=1S/C13H11NO5/c1-9(15)18-8-12-6-7-13(19-12)10-2-4-11(5-3-10)14(16)17/h2-7H,8H2,1H3. The number of furan rings is 1. The molecule has 19 heavy (non-hydrogen) atoms. The molecule has 0 spiro atoms. The molecule has 1 aromatic carbocycles. The highest BCUT2D eigenvalue weighted by molar-refractivity contribution is 5.66. The predicted octanol–water partition coefficient (Wildman–Crippen LogP) is 2.92. The number of rotatable bonds is 4. The molecule has 6 heteroatoms. The van der Waals surface area contributed by atoms with Crippen molar-refractivity contribution in [2.24, 2.45) is 0 Å². The van der Waals surface area contributed by atoms with Gasteiger partial charge in [-0.1, -0.05) is 0 Å². The van der Waals surface area contributed by atoms with E-state index in [0.717, 1.165) is 5.56 Å². The van der Waals surface area contributed by atoms with E-state index >= 15 is 0 Å². The Labute approximate surface area is 108 Å². The van der Waals surface area contributed by atoms with Crippen LogP contribution in [-0.4, -0.2) is 10.9 Å². The lowest BCUT2D eigenvalue weighted by atomic mass is 10.1. The molecular formula is C13H11NO5. The van der Waals surface area contributed by atoms with E-state index in [1.807, 2.05) is 0 Å². The van der Waals surface area contributed by atoms with E-state index < -0.39 is 4.92 Å². The van der Waals surface area contributed by atoms with Gasteiger partial charge in [-0.25, -0.2) is 0 Å². The Bertz CT molecular complexity index is 600. The predicted molar refractivity (Wildman–Crippen MR) is 66.3 cm³/mol. The van der Waals surface area contributed by atoms with Crippen molar-refractivity contribution in [2.45, 2.75) is 13.5 Å². The topological polar surface area (TPSA) is 82.6 Å². The summed E-state index contributed by atoms with van der Waals surface area (Å²) in [7, 11) is 0. The number of carbonyl (C=O) groups is 1. The molecule has 0 N–H and O–H groups in total. The van der Waals surface area contributed by atoms with Gasteiger partial charge >= 0.3 is 5.97 Å².